The van der Waals surface area contributed by atoms with Crippen LogP contribution in [0.4, 0.5) is 0 Å². The largest absolute Gasteiger partial charge is 0.313 e. The summed E-state index contributed by atoms with van der Waals surface area (Å²) in [6, 6.07) is 0.408. The van der Waals surface area contributed by atoms with E-state index >= 15 is 0 Å². The summed E-state index contributed by atoms with van der Waals surface area (Å²) in [5.41, 5.74) is 1.26. The topological polar surface area (TPSA) is 33.1 Å². The highest BCUT2D eigenvalue weighted by molar-refractivity contribution is 5.09. The second-order valence-corrected chi connectivity index (χ2v) is 3.88. The first-order valence-corrected chi connectivity index (χ1v) is 4.94. The van der Waals surface area contributed by atoms with Gasteiger partial charge < -0.3 is 10.2 Å². The Balaban J connectivity index is 2.54. The van der Waals surface area contributed by atoms with Crippen LogP contribution in [0, 0.1) is 0 Å². The van der Waals surface area contributed by atoms with E-state index in [0.717, 1.165) is 13.0 Å². The molecule has 0 saturated carbocycles. The third-order valence-electron chi connectivity index (χ3n) is 2.34. The Kier molecular flexibility index (Phi) is 4.10. The molecule has 1 atom stereocenters. The number of rotatable bonds is 5. The molecule has 0 aliphatic carbocycles. The summed E-state index contributed by atoms with van der Waals surface area (Å²) < 4.78 is 1.84. The molecule has 1 heterocycles. The van der Waals surface area contributed by atoms with Crippen LogP contribution in [0.25, 0.3) is 0 Å². The van der Waals surface area contributed by atoms with E-state index in [1.165, 1.54) is 5.56 Å². The third kappa shape index (κ3) is 3.12. The first-order valence-electron chi connectivity index (χ1n) is 4.94. The molecule has 0 spiro atoms. The summed E-state index contributed by atoms with van der Waals surface area (Å²) in [5.74, 6) is 0. The van der Waals surface area contributed by atoms with Gasteiger partial charge in [0.15, 0.2) is 0 Å². The van der Waals surface area contributed by atoms with Crippen molar-refractivity contribution in [1.29, 1.82) is 0 Å². The van der Waals surface area contributed by atoms with Gasteiger partial charge in [0.1, 0.15) is 0 Å². The average Bonchev–Trinajstić information content (AvgIpc) is 2.53. The van der Waals surface area contributed by atoms with Crippen molar-refractivity contribution in [2.45, 2.75) is 12.5 Å². The van der Waals surface area contributed by atoms with E-state index in [9.17, 15) is 0 Å². The average molecular weight is 196 g/mol. The molecule has 80 valence electrons. The van der Waals surface area contributed by atoms with E-state index in [4.69, 9.17) is 0 Å². The minimum absolute atomic E-state index is 0.408. The molecule has 0 bridgehead atoms. The van der Waals surface area contributed by atoms with Crippen LogP contribution in [0.5, 0.6) is 0 Å². The molecule has 0 saturated heterocycles. The lowest BCUT2D eigenvalue weighted by atomic mass is 10.1. The van der Waals surface area contributed by atoms with Gasteiger partial charge >= 0.3 is 0 Å². The van der Waals surface area contributed by atoms with Crippen molar-refractivity contribution in [3.63, 3.8) is 0 Å². The highest BCUT2D eigenvalue weighted by atomic mass is 15.2. The Hall–Kier alpha value is -0.870. The quantitative estimate of drug-likeness (QED) is 0.750. The maximum Gasteiger partial charge on any atom is 0.0537 e. The summed E-state index contributed by atoms with van der Waals surface area (Å²) >= 11 is 0. The molecule has 0 fully saturated rings. The smallest absolute Gasteiger partial charge is 0.0537 e. The van der Waals surface area contributed by atoms with Crippen LogP contribution in [0.3, 0.4) is 0 Å². The van der Waals surface area contributed by atoms with Gasteiger partial charge in [-0.05, 0) is 34.1 Å². The molecular weight excluding hydrogens is 176 g/mol. The van der Waals surface area contributed by atoms with Crippen molar-refractivity contribution in [2.24, 2.45) is 7.05 Å². The summed E-state index contributed by atoms with van der Waals surface area (Å²) in [4.78, 5) is 2.20. The molecule has 14 heavy (non-hydrogen) atoms. The highest BCUT2D eigenvalue weighted by Crippen LogP contribution is 2.14. The van der Waals surface area contributed by atoms with E-state index in [0.29, 0.717) is 6.04 Å². The van der Waals surface area contributed by atoms with Gasteiger partial charge in [0.05, 0.1) is 6.20 Å². The third-order valence-corrected chi connectivity index (χ3v) is 2.34. The molecule has 0 aliphatic rings. The summed E-state index contributed by atoms with van der Waals surface area (Å²) in [7, 11) is 8.13. The Labute approximate surface area is 85.9 Å². The Bertz CT molecular complexity index is 267. The van der Waals surface area contributed by atoms with Gasteiger partial charge in [-0.1, -0.05) is 0 Å². The van der Waals surface area contributed by atoms with Crippen molar-refractivity contribution in [2.75, 3.05) is 27.7 Å². The fourth-order valence-corrected chi connectivity index (χ4v) is 1.49. The normalized spacial score (nSPS) is 13.5. The van der Waals surface area contributed by atoms with Crippen LogP contribution in [0.1, 0.15) is 18.0 Å². The van der Waals surface area contributed by atoms with Crippen molar-refractivity contribution in [1.82, 2.24) is 20.0 Å². The molecule has 1 N–H and O–H groups in total. The van der Waals surface area contributed by atoms with Crippen molar-refractivity contribution in [3.05, 3.63) is 18.0 Å². The maximum absolute atomic E-state index is 4.18. The van der Waals surface area contributed by atoms with Crippen LogP contribution in [0.2, 0.25) is 0 Å². The van der Waals surface area contributed by atoms with Crippen LogP contribution >= 0.6 is 0 Å². The minimum Gasteiger partial charge on any atom is -0.313 e. The zero-order valence-electron chi connectivity index (χ0n) is 9.49. The second kappa shape index (κ2) is 5.12. The first kappa shape index (κ1) is 11.2. The Morgan fingerprint density at radius 2 is 2.29 bits per heavy atom. The number of hydrogen-bond acceptors (Lipinski definition) is 3. The zero-order valence-corrected chi connectivity index (χ0v) is 9.49. The van der Waals surface area contributed by atoms with E-state index in [1.807, 2.05) is 25.0 Å². The fourth-order valence-electron chi connectivity index (χ4n) is 1.49. The molecule has 1 unspecified atom stereocenters. The summed E-state index contributed by atoms with van der Waals surface area (Å²) in [6.45, 7) is 1.08. The second-order valence-electron chi connectivity index (χ2n) is 3.88. The molecule has 1 rings (SSSR count). The van der Waals surface area contributed by atoms with Crippen molar-refractivity contribution < 1.29 is 0 Å². The highest BCUT2D eigenvalue weighted by Gasteiger charge is 2.10. The molecule has 0 aliphatic heterocycles. The predicted molar refractivity (Wildman–Crippen MR) is 58.2 cm³/mol. The van der Waals surface area contributed by atoms with Crippen LogP contribution < -0.4 is 5.32 Å². The van der Waals surface area contributed by atoms with Gasteiger partial charge in [0.25, 0.3) is 0 Å². The summed E-state index contributed by atoms with van der Waals surface area (Å²) in [5, 5.41) is 7.48. The van der Waals surface area contributed by atoms with Gasteiger partial charge in [0.2, 0.25) is 0 Å². The lowest BCUT2D eigenvalue weighted by Gasteiger charge is -2.17. The Morgan fingerprint density at radius 3 is 2.71 bits per heavy atom. The lowest BCUT2D eigenvalue weighted by molar-refractivity contribution is 0.368. The van der Waals surface area contributed by atoms with Gasteiger partial charge in [-0.15, -0.1) is 0 Å². The molecule has 4 nitrogen and oxygen atoms in total. The van der Waals surface area contributed by atoms with Crippen LogP contribution in [-0.2, 0) is 7.05 Å². The molecular formula is C10H20N4. The number of nitrogens with one attached hydrogen (secondary N) is 1. The number of nitrogens with zero attached hydrogens (tertiary/aromatic N) is 3. The van der Waals surface area contributed by atoms with Gasteiger partial charge in [-0.25, -0.2) is 0 Å². The number of hydrogen-bond donors (Lipinski definition) is 1. The number of aryl methyl sites for hydroxylation is 1. The standard InChI is InChI=1S/C10H20N4/c1-11-10(5-6-13(2)3)9-7-12-14(4)8-9/h7-8,10-11H,5-6H2,1-4H3. The molecule has 0 aromatic carbocycles. The predicted octanol–water partition coefficient (Wildman–Crippen LogP) is 0.632. The van der Waals surface area contributed by atoms with E-state index < -0.39 is 0 Å². The van der Waals surface area contributed by atoms with Crippen LogP contribution in [0.15, 0.2) is 12.4 Å². The molecule has 0 amide bonds. The molecule has 4 heteroatoms. The van der Waals surface area contributed by atoms with E-state index in [1.54, 1.807) is 0 Å². The zero-order chi connectivity index (χ0) is 10.6. The number of aromatic nitrogens is 2. The first-order chi connectivity index (χ1) is 6.63. The van der Waals surface area contributed by atoms with Crippen molar-refractivity contribution >= 4 is 0 Å². The molecule has 1 aromatic heterocycles. The molecule has 1 aromatic rings. The maximum atomic E-state index is 4.18. The van der Waals surface area contributed by atoms with Gasteiger partial charge in [-0.2, -0.15) is 5.10 Å². The fraction of sp³-hybridized carbons (Fsp3) is 0.700. The van der Waals surface area contributed by atoms with Gasteiger partial charge in [0, 0.05) is 24.8 Å². The SMILES string of the molecule is CNC(CCN(C)C)c1cnn(C)c1. The molecule has 0 radical (unpaired) electrons. The summed E-state index contributed by atoms with van der Waals surface area (Å²) in [6.07, 6.45) is 5.10. The van der Waals surface area contributed by atoms with Crippen LogP contribution in [-0.4, -0.2) is 42.4 Å². The van der Waals surface area contributed by atoms with Crippen molar-refractivity contribution in [3.8, 4) is 0 Å². The van der Waals surface area contributed by atoms with E-state index in [-0.39, 0.29) is 0 Å². The lowest BCUT2D eigenvalue weighted by Crippen LogP contribution is -2.22. The van der Waals surface area contributed by atoms with E-state index in [2.05, 4.69) is 35.6 Å². The monoisotopic (exact) mass is 196 g/mol. The van der Waals surface area contributed by atoms with Gasteiger partial charge in [-0.3, -0.25) is 4.68 Å². The Morgan fingerprint density at radius 1 is 1.57 bits per heavy atom. The minimum atomic E-state index is 0.408.